The van der Waals surface area contributed by atoms with Crippen molar-refractivity contribution in [3.63, 3.8) is 0 Å². The predicted molar refractivity (Wildman–Crippen MR) is 82.5 cm³/mol. The number of carbonyl (C=O) groups excluding carboxylic acids is 1. The summed E-state index contributed by atoms with van der Waals surface area (Å²) in [4.78, 5) is 15.8. The quantitative estimate of drug-likeness (QED) is 0.752. The third-order valence-corrected chi connectivity index (χ3v) is 4.29. The van der Waals surface area contributed by atoms with Crippen molar-refractivity contribution >= 4 is 40.5 Å². The second kappa shape index (κ2) is 7.07. The minimum absolute atomic E-state index is 0.198. The van der Waals surface area contributed by atoms with E-state index in [2.05, 4.69) is 4.98 Å². The van der Waals surface area contributed by atoms with E-state index in [1.807, 2.05) is 11.4 Å². The summed E-state index contributed by atoms with van der Waals surface area (Å²) in [6.45, 7) is 2.20. The van der Waals surface area contributed by atoms with E-state index in [0.29, 0.717) is 29.5 Å². The van der Waals surface area contributed by atoms with E-state index >= 15 is 0 Å². The first-order valence-corrected chi connectivity index (χ1v) is 7.79. The van der Waals surface area contributed by atoms with Crippen LogP contribution in [0.2, 0.25) is 10.0 Å². The number of carbonyl (C=O) groups is 1. The molecule has 2 rings (SSSR count). The molecule has 3 nitrogen and oxygen atoms in total. The van der Waals surface area contributed by atoms with Crippen molar-refractivity contribution in [2.45, 2.75) is 19.8 Å². The standard InChI is InChI=1S/C14H13Cl2NO2S/c1-2-19-13(18)6-4-10-8-20-14(17-10)9-3-5-11(15)12(16)7-9/h3,5,7-8H,2,4,6H2,1H3. The number of halogens is 2. The van der Waals surface area contributed by atoms with E-state index in [9.17, 15) is 4.79 Å². The van der Waals surface area contributed by atoms with Gasteiger partial charge in [0.1, 0.15) is 5.01 Å². The van der Waals surface area contributed by atoms with Crippen molar-refractivity contribution in [1.29, 1.82) is 0 Å². The van der Waals surface area contributed by atoms with Gasteiger partial charge in [0.05, 0.1) is 28.8 Å². The zero-order valence-corrected chi connectivity index (χ0v) is 13.2. The number of ether oxygens (including phenoxy) is 1. The van der Waals surface area contributed by atoms with Crippen molar-refractivity contribution < 1.29 is 9.53 Å². The lowest BCUT2D eigenvalue weighted by Crippen LogP contribution is -2.05. The van der Waals surface area contributed by atoms with Gasteiger partial charge in [-0.2, -0.15) is 0 Å². The van der Waals surface area contributed by atoms with Crippen LogP contribution >= 0.6 is 34.5 Å². The number of benzene rings is 1. The molecular formula is C14H13Cl2NO2S. The van der Waals surface area contributed by atoms with Crippen molar-refractivity contribution in [3.8, 4) is 10.6 Å². The van der Waals surface area contributed by atoms with Crippen LogP contribution in [0, 0.1) is 0 Å². The lowest BCUT2D eigenvalue weighted by atomic mass is 10.2. The Labute approximate surface area is 131 Å². The largest absolute Gasteiger partial charge is 0.466 e. The van der Waals surface area contributed by atoms with Gasteiger partial charge in [0.15, 0.2) is 0 Å². The van der Waals surface area contributed by atoms with Crippen molar-refractivity contribution in [2.24, 2.45) is 0 Å². The molecule has 6 heteroatoms. The minimum Gasteiger partial charge on any atom is -0.466 e. The molecule has 0 amide bonds. The third-order valence-electron chi connectivity index (χ3n) is 2.61. The molecule has 0 fully saturated rings. The summed E-state index contributed by atoms with van der Waals surface area (Å²) in [5, 5.41) is 3.83. The molecule has 1 aromatic heterocycles. The van der Waals surface area contributed by atoms with E-state index in [1.165, 1.54) is 11.3 Å². The molecule has 0 aliphatic heterocycles. The van der Waals surface area contributed by atoms with Crippen LogP contribution in [0.5, 0.6) is 0 Å². The maximum Gasteiger partial charge on any atom is 0.306 e. The van der Waals surface area contributed by atoms with Gasteiger partial charge >= 0.3 is 5.97 Å². The number of hydrogen-bond donors (Lipinski definition) is 0. The first kappa shape index (κ1) is 15.3. The van der Waals surface area contributed by atoms with Crippen LogP contribution in [0.3, 0.4) is 0 Å². The molecule has 0 unspecified atom stereocenters. The van der Waals surface area contributed by atoms with Crippen LogP contribution in [0.4, 0.5) is 0 Å². The number of aryl methyl sites for hydroxylation is 1. The highest BCUT2D eigenvalue weighted by molar-refractivity contribution is 7.13. The molecule has 0 N–H and O–H groups in total. The molecule has 2 aromatic rings. The van der Waals surface area contributed by atoms with Gasteiger partial charge in [-0.05, 0) is 19.1 Å². The van der Waals surface area contributed by atoms with Crippen LogP contribution in [0.25, 0.3) is 10.6 Å². The summed E-state index contributed by atoms with van der Waals surface area (Å²) >= 11 is 13.4. The average molecular weight is 330 g/mol. The van der Waals surface area contributed by atoms with Gasteiger partial charge in [-0.15, -0.1) is 11.3 Å². The number of hydrogen-bond acceptors (Lipinski definition) is 4. The van der Waals surface area contributed by atoms with E-state index in [4.69, 9.17) is 27.9 Å². The average Bonchev–Trinajstić information content (AvgIpc) is 2.89. The fourth-order valence-corrected chi connectivity index (χ4v) is 2.80. The first-order chi connectivity index (χ1) is 9.60. The van der Waals surface area contributed by atoms with Gasteiger partial charge in [-0.3, -0.25) is 4.79 Å². The Morgan fingerprint density at radius 3 is 2.85 bits per heavy atom. The van der Waals surface area contributed by atoms with Gasteiger partial charge < -0.3 is 4.74 Å². The number of thiazole rings is 1. The summed E-state index contributed by atoms with van der Waals surface area (Å²) in [5.74, 6) is -0.198. The number of aromatic nitrogens is 1. The molecule has 0 aliphatic carbocycles. The zero-order valence-electron chi connectivity index (χ0n) is 10.9. The van der Waals surface area contributed by atoms with Crippen LogP contribution in [-0.2, 0) is 16.0 Å². The van der Waals surface area contributed by atoms with Crippen LogP contribution < -0.4 is 0 Å². The van der Waals surface area contributed by atoms with Gasteiger partial charge in [-0.1, -0.05) is 29.3 Å². The van der Waals surface area contributed by atoms with Crippen molar-refractivity contribution in [2.75, 3.05) is 6.61 Å². The Kier molecular flexibility index (Phi) is 5.40. The fraction of sp³-hybridized carbons (Fsp3) is 0.286. The van der Waals surface area contributed by atoms with Gasteiger partial charge in [0, 0.05) is 17.4 Å². The second-order valence-electron chi connectivity index (χ2n) is 4.08. The molecule has 0 spiro atoms. The van der Waals surface area contributed by atoms with Crippen molar-refractivity contribution in [1.82, 2.24) is 4.98 Å². The van der Waals surface area contributed by atoms with Crippen LogP contribution in [0.15, 0.2) is 23.6 Å². The maximum absolute atomic E-state index is 11.3. The summed E-state index contributed by atoms with van der Waals surface area (Å²) in [6, 6.07) is 5.42. The molecule has 0 saturated heterocycles. The Hall–Kier alpha value is -1.10. The summed E-state index contributed by atoms with van der Waals surface area (Å²) in [6.07, 6.45) is 0.926. The number of rotatable bonds is 5. The smallest absolute Gasteiger partial charge is 0.306 e. The minimum atomic E-state index is -0.198. The van der Waals surface area contributed by atoms with Gasteiger partial charge in [0.2, 0.25) is 0 Å². The molecule has 106 valence electrons. The monoisotopic (exact) mass is 329 g/mol. The fourth-order valence-electron chi connectivity index (χ4n) is 1.65. The summed E-state index contributed by atoms with van der Waals surface area (Å²) in [5.41, 5.74) is 1.80. The second-order valence-corrected chi connectivity index (χ2v) is 5.75. The molecule has 1 heterocycles. The van der Waals surface area contributed by atoms with Crippen molar-refractivity contribution in [3.05, 3.63) is 39.3 Å². The number of nitrogens with zero attached hydrogens (tertiary/aromatic N) is 1. The number of esters is 1. The lowest BCUT2D eigenvalue weighted by Gasteiger charge is -2.00. The molecule has 0 bridgehead atoms. The molecule has 20 heavy (non-hydrogen) atoms. The predicted octanol–water partition coefficient (Wildman–Crippen LogP) is 4.61. The van der Waals surface area contributed by atoms with E-state index < -0.39 is 0 Å². The molecular weight excluding hydrogens is 317 g/mol. The van der Waals surface area contributed by atoms with Crippen LogP contribution in [-0.4, -0.2) is 17.6 Å². The Balaban J connectivity index is 2.05. The molecule has 1 aromatic carbocycles. The first-order valence-electron chi connectivity index (χ1n) is 6.15. The third kappa shape index (κ3) is 3.95. The van der Waals surface area contributed by atoms with Crippen LogP contribution in [0.1, 0.15) is 19.0 Å². The zero-order chi connectivity index (χ0) is 14.5. The SMILES string of the molecule is CCOC(=O)CCc1csc(-c2ccc(Cl)c(Cl)c2)n1. The highest BCUT2D eigenvalue weighted by Gasteiger charge is 2.09. The molecule has 0 atom stereocenters. The highest BCUT2D eigenvalue weighted by Crippen LogP contribution is 2.30. The van der Waals surface area contributed by atoms with Gasteiger partial charge in [-0.25, -0.2) is 4.98 Å². The van der Waals surface area contributed by atoms with Gasteiger partial charge in [0.25, 0.3) is 0 Å². The lowest BCUT2D eigenvalue weighted by molar-refractivity contribution is -0.143. The van der Waals surface area contributed by atoms with E-state index in [0.717, 1.165) is 16.3 Å². The Bertz CT molecular complexity index is 613. The normalized spacial score (nSPS) is 10.6. The Morgan fingerprint density at radius 1 is 1.35 bits per heavy atom. The summed E-state index contributed by atoms with van der Waals surface area (Å²) < 4.78 is 4.89. The van der Waals surface area contributed by atoms with E-state index in [-0.39, 0.29) is 5.97 Å². The van der Waals surface area contributed by atoms with E-state index in [1.54, 1.807) is 19.1 Å². The summed E-state index contributed by atoms with van der Waals surface area (Å²) in [7, 11) is 0. The highest BCUT2D eigenvalue weighted by atomic mass is 35.5. The maximum atomic E-state index is 11.3. The molecule has 0 saturated carbocycles. The molecule has 0 radical (unpaired) electrons. The topological polar surface area (TPSA) is 39.2 Å². The molecule has 0 aliphatic rings. The Morgan fingerprint density at radius 2 is 2.15 bits per heavy atom.